The summed E-state index contributed by atoms with van der Waals surface area (Å²) in [6, 6.07) is 16.9. The van der Waals surface area contributed by atoms with Gasteiger partial charge in [-0.15, -0.1) is 11.3 Å². The van der Waals surface area contributed by atoms with Gasteiger partial charge in [-0.2, -0.15) is 0 Å². The van der Waals surface area contributed by atoms with Crippen molar-refractivity contribution >= 4 is 27.0 Å². The van der Waals surface area contributed by atoms with Gasteiger partial charge in [0.25, 0.3) is 0 Å². The van der Waals surface area contributed by atoms with Crippen molar-refractivity contribution < 1.29 is 8.42 Å². The van der Waals surface area contributed by atoms with Crippen LogP contribution in [-0.2, 0) is 16.6 Å². The molecule has 0 fully saturated rings. The largest absolute Gasteiger partial charge is 0.316 e. The van der Waals surface area contributed by atoms with Gasteiger partial charge in [0, 0.05) is 31.6 Å². The molecule has 0 aliphatic heterocycles. The van der Waals surface area contributed by atoms with E-state index in [0.29, 0.717) is 4.90 Å². The fraction of sp³-hybridized carbons (Fsp3) is 0.250. The maximum absolute atomic E-state index is 12.5. The van der Waals surface area contributed by atoms with Crippen LogP contribution in [0.2, 0.25) is 0 Å². The van der Waals surface area contributed by atoms with Crippen molar-refractivity contribution in [2.75, 3.05) is 14.1 Å². The van der Waals surface area contributed by atoms with E-state index in [4.69, 9.17) is 4.99 Å². The van der Waals surface area contributed by atoms with E-state index >= 15 is 0 Å². The SMILES string of the molecule is CCCn1c(-c2cccc(S(=O)(=O)N(C)C)c2)csc1=Nc1ccccc1. The molecule has 0 saturated heterocycles. The molecule has 3 aromatic rings. The molecule has 142 valence electrons. The van der Waals surface area contributed by atoms with Crippen molar-refractivity contribution in [2.24, 2.45) is 4.99 Å². The van der Waals surface area contributed by atoms with Crippen LogP contribution in [0.5, 0.6) is 0 Å². The van der Waals surface area contributed by atoms with Gasteiger partial charge in [-0.05, 0) is 30.7 Å². The summed E-state index contributed by atoms with van der Waals surface area (Å²) >= 11 is 1.56. The highest BCUT2D eigenvalue weighted by Gasteiger charge is 2.18. The molecular weight excluding hydrogens is 378 g/mol. The zero-order chi connectivity index (χ0) is 19.4. The first-order valence-corrected chi connectivity index (χ1v) is 11.1. The van der Waals surface area contributed by atoms with Crippen LogP contribution in [0.15, 0.2) is 69.9 Å². The first kappa shape index (κ1) is 19.5. The van der Waals surface area contributed by atoms with Crippen LogP contribution in [0.1, 0.15) is 13.3 Å². The zero-order valence-electron chi connectivity index (χ0n) is 15.7. The van der Waals surface area contributed by atoms with Gasteiger partial charge >= 0.3 is 0 Å². The summed E-state index contributed by atoms with van der Waals surface area (Å²) in [5, 5.41) is 2.04. The third kappa shape index (κ3) is 4.21. The fourth-order valence-electron chi connectivity index (χ4n) is 2.73. The lowest BCUT2D eigenvalue weighted by atomic mass is 10.2. The molecule has 0 bridgehead atoms. The summed E-state index contributed by atoms with van der Waals surface area (Å²) in [7, 11) is -0.385. The van der Waals surface area contributed by atoms with Crippen LogP contribution >= 0.6 is 11.3 Å². The molecule has 0 radical (unpaired) electrons. The van der Waals surface area contributed by atoms with E-state index in [-0.39, 0.29) is 0 Å². The van der Waals surface area contributed by atoms with Gasteiger partial charge in [-0.25, -0.2) is 17.7 Å². The van der Waals surface area contributed by atoms with Crippen molar-refractivity contribution in [1.82, 2.24) is 8.87 Å². The molecule has 1 aromatic heterocycles. The van der Waals surface area contributed by atoms with Gasteiger partial charge in [0.2, 0.25) is 10.0 Å². The van der Waals surface area contributed by atoms with Crippen LogP contribution in [0.25, 0.3) is 11.3 Å². The first-order chi connectivity index (χ1) is 12.9. The molecule has 0 spiro atoms. The summed E-state index contributed by atoms with van der Waals surface area (Å²) in [4.78, 5) is 5.95. The molecule has 0 atom stereocenters. The Morgan fingerprint density at radius 1 is 1.07 bits per heavy atom. The Hall–Kier alpha value is -2.22. The number of benzene rings is 2. The quantitative estimate of drug-likeness (QED) is 0.624. The van der Waals surface area contributed by atoms with Crippen LogP contribution in [-0.4, -0.2) is 31.4 Å². The van der Waals surface area contributed by atoms with Crippen molar-refractivity contribution in [3.8, 4) is 11.3 Å². The number of hydrogen-bond donors (Lipinski definition) is 0. The van der Waals surface area contributed by atoms with Crippen molar-refractivity contribution in [3.63, 3.8) is 0 Å². The molecule has 0 unspecified atom stereocenters. The lowest BCUT2D eigenvalue weighted by Gasteiger charge is -2.13. The van der Waals surface area contributed by atoms with Gasteiger partial charge in [-0.3, -0.25) is 0 Å². The van der Waals surface area contributed by atoms with Gasteiger partial charge < -0.3 is 4.57 Å². The minimum absolute atomic E-state index is 0.292. The monoisotopic (exact) mass is 401 g/mol. The molecule has 1 heterocycles. The van der Waals surface area contributed by atoms with Crippen LogP contribution in [0, 0.1) is 0 Å². The molecule has 0 N–H and O–H groups in total. The maximum atomic E-state index is 12.5. The number of hydrogen-bond acceptors (Lipinski definition) is 4. The molecule has 0 amide bonds. The second kappa shape index (κ2) is 8.21. The summed E-state index contributed by atoms with van der Waals surface area (Å²) < 4.78 is 28.3. The number of aromatic nitrogens is 1. The molecule has 0 saturated carbocycles. The minimum Gasteiger partial charge on any atom is -0.316 e. The molecule has 5 nitrogen and oxygen atoms in total. The summed E-state index contributed by atoms with van der Waals surface area (Å²) in [5.41, 5.74) is 2.75. The normalized spacial score (nSPS) is 12.7. The molecule has 0 aliphatic carbocycles. The Kier molecular flexibility index (Phi) is 5.94. The molecular formula is C20H23N3O2S2. The van der Waals surface area contributed by atoms with Gasteiger partial charge in [0.05, 0.1) is 16.3 Å². The predicted octanol–water partition coefficient (Wildman–Crippen LogP) is 4.11. The zero-order valence-corrected chi connectivity index (χ0v) is 17.3. The summed E-state index contributed by atoms with van der Waals surface area (Å²) in [6.07, 6.45) is 0.960. The van der Waals surface area contributed by atoms with E-state index < -0.39 is 10.0 Å². The third-order valence-electron chi connectivity index (χ3n) is 4.13. The van der Waals surface area contributed by atoms with Crippen molar-refractivity contribution in [3.05, 3.63) is 64.8 Å². The highest BCUT2D eigenvalue weighted by atomic mass is 32.2. The second-order valence-corrected chi connectivity index (χ2v) is 9.31. The first-order valence-electron chi connectivity index (χ1n) is 8.74. The van der Waals surface area contributed by atoms with Crippen LogP contribution in [0.4, 0.5) is 5.69 Å². The van der Waals surface area contributed by atoms with Gasteiger partial charge in [0.15, 0.2) is 4.80 Å². The predicted molar refractivity (Wildman–Crippen MR) is 111 cm³/mol. The molecule has 0 aliphatic rings. The molecule has 3 rings (SSSR count). The van der Waals surface area contributed by atoms with E-state index in [9.17, 15) is 8.42 Å². The van der Waals surface area contributed by atoms with Crippen LogP contribution < -0.4 is 4.80 Å². The van der Waals surface area contributed by atoms with E-state index in [1.54, 1.807) is 43.6 Å². The minimum atomic E-state index is -3.47. The second-order valence-electron chi connectivity index (χ2n) is 6.32. The van der Waals surface area contributed by atoms with E-state index in [1.807, 2.05) is 41.8 Å². The fourth-order valence-corrected chi connectivity index (χ4v) is 4.63. The number of rotatable bonds is 6. The third-order valence-corrected chi connectivity index (χ3v) is 6.81. The van der Waals surface area contributed by atoms with Gasteiger partial charge in [0.1, 0.15) is 0 Å². The summed E-state index contributed by atoms with van der Waals surface area (Å²) in [5.74, 6) is 0. The topological polar surface area (TPSA) is 54.7 Å². The van der Waals surface area contributed by atoms with Crippen LogP contribution in [0.3, 0.4) is 0 Å². The Bertz CT molecular complexity index is 1080. The van der Waals surface area contributed by atoms with Crippen molar-refractivity contribution in [1.29, 1.82) is 0 Å². The highest BCUT2D eigenvalue weighted by molar-refractivity contribution is 7.89. The number of nitrogens with zero attached hydrogens (tertiary/aromatic N) is 3. The Morgan fingerprint density at radius 2 is 1.81 bits per heavy atom. The lowest BCUT2D eigenvalue weighted by Crippen LogP contribution is -2.22. The average Bonchev–Trinajstić information content (AvgIpc) is 3.05. The van der Waals surface area contributed by atoms with E-state index in [2.05, 4.69) is 11.5 Å². The van der Waals surface area contributed by atoms with E-state index in [0.717, 1.165) is 34.7 Å². The molecule has 2 aromatic carbocycles. The van der Waals surface area contributed by atoms with Crippen molar-refractivity contribution in [2.45, 2.75) is 24.8 Å². The maximum Gasteiger partial charge on any atom is 0.242 e. The number of para-hydroxylation sites is 1. The number of sulfonamides is 1. The Morgan fingerprint density at radius 3 is 2.48 bits per heavy atom. The Labute approximate surface area is 164 Å². The smallest absolute Gasteiger partial charge is 0.242 e. The van der Waals surface area contributed by atoms with Gasteiger partial charge in [-0.1, -0.05) is 37.3 Å². The number of thiazole rings is 1. The standard InChI is InChI=1S/C20H23N3O2S2/c1-4-13-23-19(15-26-20(23)21-17-10-6-5-7-11-17)16-9-8-12-18(14-16)27(24,25)22(2)3/h5-12,14-15H,4,13H2,1-3H3. The summed E-state index contributed by atoms with van der Waals surface area (Å²) in [6.45, 7) is 2.93. The lowest BCUT2D eigenvalue weighted by molar-refractivity contribution is 0.521. The van der Waals surface area contributed by atoms with E-state index in [1.165, 1.54) is 4.31 Å². The molecule has 7 heteroatoms. The average molecular weight is 402 g/mol. The molecule has 27 heavy (non-hydrogen) atoms. The Balaban J connectivity index is 2.12. The highest BCUT2D eigenvalue weighted by Crippen LogP contribution is 2.25.